The lowest BCUT2D eigenvalue weighted by molar-refractivity contribution is -0.142. The summed E-state index contributed by atoms with van der Waals surface area (Å²) in [7, 11) is 0. The average Bonchev–Trinajstić information content (AvgIpc) is 1.88. The number of rotatable bonds is 1. The van der Waals surface area contributed by atoms with Crippen LogP contribution in [0.25, 0.3) is 0 Å². The van der Waals surface area contributed by atoms with Crippen LogP contribution in [0.15, 0.2) is 0 Å². The topological polar surface area (TPSA) is 37.3 Å². The molecule has 1 aliphatic rings. The van der Waals surface area contributed by atoms with E-state index in [-0.39, 0.29) is 11.2 Å². The molecule has 0 spiro atoms. The van der Waals surface area contributed by atoms with Crippen LogP contribution in [-0.2, 0) is 4.79 Å². The second kappa shape index (κ2) is 3.28. The summed E-state index contributed by atoms with van der Waals surface area (Å²) in [5.41, 5.74) is 0. The fourth-order valence-electron chi connectivity index (χ4n) is 1.40. The Balaban J connectivity index is 2.47. The summed E-state index contributed by atoms with van der Waals surface area (Å²) >= 11 is 4.21. The van der Waals surface area contributed by atoms with Gasteiger partial charge in [0.05, 0.1) is 5.92 Å². The Hall–Kier alpha value is -0.180. The third kappa shape index (κ3) is 1.66. The van der Waals surface area contributed by atoms with E-state index in [2.05, 4.69) is 12.6 Å². The van der Waals surface area contributed by atoms with Gasteiger partial charge in [-0.3, -0.25) is 4.79 Å². The quantitative estimate of drug-likeness (QED) is 0.571. The molecule has 0 radical (unpaired) electrons. The largest absolute Gasteiger partial charge is 0.481 e. The van der Waals surface area contributed by atoms with Gasteiger partial charge in [0.15, 0.2) is 0 Å². The number of hydrogen-bond acceptors (Lipinski definition) is 2. The molecular weight excluding hydrogens is 148 g/mol. The summed E-state index contributed by atoms with van der Waals surface area (Å²) in [6.45, 7) is 0. The van der Waals surface area contributed by atoms with Gasteiger partial charge in [-0.05, 0) is 12.8 Å². The normalized spacial score (nSPS) is 33.7. The van der Waals surface area contributed by atoms with Gasteiger partial charge in [-0.15, -0.1) is 0 Å². The van der Waals surface area contributed by atoms with Crippen molar-refractivity contribution in [1.29, 1.82) is 0 Å². The van der Waals surface area contributed by atoms with Crippen LogP contribution in [0.3, 0.4) is 0 Å². The van der Waals surface area contributed by atoms with Crippen LogP contribution >= 0.6 is 12.6 Å². The van der Waals surface area contributed by atoms with Crippen LogP contribution < -0.4 is 0 Å². The van der Waals surface area contributed by atoms with Gasteiger partial charge in [0.25, 0.3) is 0 Å². The van der Waals surface area contributed by atoms with E-state index in [1.807, 2.05) is 0 Å². The molecule has 0 aromatic heterocycles. The van der Waals surface area contributed by atoms with Gasteiger partial charge in [0.2, 0.25) is 0 Å². The molecule has 0 amide bonds. The van der Waals surface area contributed by atoms with Gasteiger partial charge in [0.1, 0.15) is 0 Å². The highest BCUT2D eigenvalue weighted by molar-refractivity contribution is 7.81. The molecule has 1 aliphatic carbocycles. The van der Waals surface area contributed by atoms with Crippen molar-refractivity contribution in [3.63, 3.8) is 0 Å². The Kier molecular flexibility index (Phi) is 2.60. The Morgan fingerprint density at radius 2 is 2.00 bits per heavy atom. The van der Waals surface area contributed by atoms with Gasteiger partial charge in [0, 0.05) is 5.25 Å². The van der Waals surface area contributed by atoms with E-state index in [0.717, 1.165) is 25.7 Å². The van der Waals surface area contributed by atoms with E-state index < -0.39 is 5.97 Å². The first kappa shape index (κ1) is 7.92. The molecule has 58 valence electrons. The van der Waals surface area contributed by atoms with Crippen LogP contribution in [0.2, 0.25) is 0 Å². The predicted octanol–water partition coefficient (Wildman–Crippen LogP) is 1.56. The molecular formula is C7H12O2S. The number of hydrogen-bond donors (Lipinski definition) is 2. The maximum atomic E-state index is 10.5. The van der Waals surface area contributed by atoms with Crippen LogP contribution in [-0.4, -0.2) is 16.3 Å². The van der Waals surface area contributed by atoms with E-state index in [9.17, 15) is 4.79 Å². The smallest absolute Gasteiger partial charge is 0.307 e. The van der Waals surface area contributed by atoms with Gasteiger partial charge in [-0.2, -0.15) is 12.6 Å². The minimum absolute atomic E-state index is 0.0891. The van der Waals surface area contributed by atoms with Crippen LogP contribution in [0.4, 0.5) is 0 Å². The number of carboxylic acid groups (broad SMARTS) is 1. The summed E-state index contributed by atoms with van der Waals surface area (Å²) in [5.74, 6) is -0.878. The molecule has 0 unspecified atom stereocenters. The van der Waals surface area contributed by atoms with E-state index in [4.69, 9.17) is 5.11 Å². The molecule has 10 heavy (non-hydrogen) atoms. The van der Waals surface area contributed by atoms with Crippen LogP contribution in [0.5, 0.6) is 0 Å². The van der Waals surface area contributed by atoms with Crippen LogP contribution in [0.1, 0.15) is 25.7 Å². The van der Waals surface area contributed by atoms with Crippen molar-refractivity contribution >= 4 is 18.6 Å². The molecule has 2 nitrogen and oxygen atoms in total. The third-order valence-electron chi connectivity index (χ3n) is 2.05. The zero-order valence-electron chi connectivity index (χ0n) is 5.79. The first-order chi connectivity index (χ1) is 4.72. The Morgan fingerprint density at radius 1 is 1.40 bits per heavy atom. The highest BCUT2D eigenvalue weighted by Gasteiger charge is 2.27. The number of thiol groups is 1. The van der Waals surface area contributed by atoms with Crippen molar-refractivity contribution in [2.45, 2.75) is 30.9 Å². The molecule has 0 saturated heterocycles. The number of aliphatic carboxylic acids is 1. The van der Waals surface area contributed by atoms with E-state index in [1.165, 1.54) is 0 Å². The summed E-state index contributed by atoms with van der Waals surface area (Å²) in [4.78, 5) is 10.5. The zero-order chi connectivity index (χ0) is 7.56. The van der Waals surface area contributed by atoms with Crippen molar-refractivity contribution in [1.82, 2.24) is 0 Å². The molecule has 1 saturated carbocycles. The standard InChI is InChI=1S/C7H12O2S/c8-7(9)5-3-1-2-4-6(5)10/h5-6,10H,1-4H2,(H,8,9)/t5-,6+/m0/s1. The monoisotopic (exact) mass is 160 g/mol. The number of carbonyl (C=O) groups is 1. The summed E-state index contributed by atoms with van der Waals surface area (Å²) in [5, 5.41) is 8.75. The SMILES string of the molecule is O=C(O)[C@H]1CCCC[C@H]1S. The molecule has 1 rings (SSSR count). The van der Waals surface area contributed by atoms with Crippen molar-refractivity contribution in [3.05, 3.63) is 0 Å². The lowest BCUT2D eigenvalue weighted by atomic mass is 9.89. The van der Waals surface area contributed by atoms with E-state index in [1.54, 1.807) is 0 Å². The van der Waals surface area contributed by atoms with Gasteiger partial charge in [-0.25, -0.2) is 0 Å². The van der Waals surface area contributed by atoms with Crippen molar-refractivity contribution in [3.8, 4) is 0 Å². The van der Waals surface area contributed by atoms with E-state index >= 15 is 0 Å². The molecule has 0 bridgehead atoms. The van der Waals surface area contributed by atoms with E-state index in [0.29, 0.717) is 0 Å². The minimum atomic E-state index is -0.681. The minimum Gasteiger partial charge on any atom is -0.481 e. The highest BCUT2D eigenvalue weighted by Crippen LogP contribution is 2.28. The summed E-state index contributed by atoms with van der Waals surface area (Å²) in [6, 6.07) is 0. The third-order valence-corrected chi connectivity index (χ3v) is 2.66. The molecule has 3 heteroatoms. The van der Waals surface area contributed by atoms with Gasteiger partial charge in [-0.1, -0.05) is 12.8 Å². The van der Waals surface area contributed by atoms with Gasteiger partial charge < -0.3 is 5.11 Å². The fraction of sp³-hybridized carbons (Fsp3) is 0.857. The molecule has 0 aromatic carbocycles. The average molecular weight is 160 g/mol. The lowest BCUT2D eigenvalue weighted by Crippen LogP contribution is -2.27. The first-order valence-corrected chi connectivity index (χ1v) is 4.14. The lowest BCUT2D eigenvalue weighted by Gasteiger charge is -2.23. The van der Waals surface area contributed by atoms with Gasteiger partial charge >= 0.3 is 5.97 Å². The maximum absolute atomic E-state index is 10.5. The predicted molar refractivity (Wildman–Crippen MR) is 42.4 cm³/mol. The molecule has 0 aliphatic heterocycles. The van der Waals surface area contributed by atoms with Crippen molar-refractivity contribution in [2.24, 2.45) is 5.92 Å². The second-order valence-corrected chi connectivity index (χ2v) is 3.46. The second-order valence-electron chi connectivity index (χ2n) is 2.80. The molecule has 1 N–H and O–H groups in total. The first-order valence-electron chi connectivity index (χ1n) is 3.62. The maximum Gasteiger partial charge on any atom is 0.307 e. The fourth-order valence-corrected chi connectivity index (χ4v) is 1.86. The highest BCUT2D eigenvalue weighted by atomic mass is 32.1. The molecule has 0 heterocycles. The Bertz CT molecular complexity index is 136. The molecule has 0 aromatic rings. The Morgan fingerprint density at radius 3 is 2.40 bits per heavy atom. The van der Waals surface area contributed by atoms with Crippen molar-refractivity contribution < 1.29 is 9.90 Å². The molecule has 2 atom stereocenters. The Labute approximate surface area is 66.0 Å². The van der Waals surface area contributed by atoms with Crippen molar-refractivity contribution in [2.75, 3.05) is 0 Å². The zero-order valence-corrected chi connectivity index (χ0v) is 6.68. The number of carboxylic acids is 1. The molecule has 1 fully saturated rings. The van der Waals surface area contributed by atoms with Crippen LogP contribution in [0, 0.1) is 5.92 Å². The summed E-state index contributed by atoms with van der Waals surface area (Å²) < 4.78 is 0. The summed E-state index contributed by atoms with van der Waals surface area (Å²) in [6.07, 6.45) is 3.95.